The molecule has 0 saturated carbocycles. The molecule has 1 fully saturated rings. The summed E-state index contributed by atoms with van der Waals surface area (Å²) in [7, 11) is 0. The first kappa shape index (κ1) is 11.0. The molecule has 0 amide bonds. The highest BCUT2D eigenvalue weighted by molar-refractivity contribution is 5.28. The number of rotatable bonds is 3. The Morgan fingerprint density at radius 3 is 3.24 bits per heavy atom. The molecule has 3 heterocycles. The predicted molar refractivity (Wildman–Crippen MR) is 61.9 cm³/mol. The highest BCUT2D eigenvalue weighted by Gasteiger charge is 2.26. The number of nitrogens with zero attached hydrogens (tertiary/aromatic N) is 3. The molecular formula is C11H18N4O2. The molecule has 1 saturated heterocycles. The lowest BCUT2D eigenvalue weighted by atomic mass is 10.1. The Hall–Kier alpha value is -1.14. The van der Waals surface area contributed by atoms with Crippen LogP contribution in [0, 0.1) is 5.92 Å². The van der Waals surface area contributed by atoms with Crippen LogP contribution in [0.15, 0.2) is 0 Å². The average molecular weight is 238 g/mol. The molecule has 1 aromatic rings. The van der Waals surface area contributed by atoms with Gasteiger partial charge in [-0.3, -0.25) is 0 Å². The van der Waals surface area contributed by atoms with Crippen LogP contribution >= 0.6 is 0 Å². The van der Waals surface area contributed by atoms with E-state index in [9.17, 15) is 0 Å². The maximum atomic E-state index is 8.95. The van der Waals surface area contributed by atoms with Crippen molar-refractivity contribution in [1.29, 1.82) is 0 Å². The third-order valence-electron chi connectivity index (χ3n) is 3.50. The molecule has 2 aliphatic rings. The topological polar surface area (TPSA) is 72.2 Å². The van der Waals surface area contributed by atoms with Gasteiger partial charge in [-0.1, -0.05) is 0 Å². The van der Waals surface area contributed by atoms with E-state index in [-0.39, 0.29) is 6.61 Å². The predicted octanol–water partition coefficient (Wildman–Crippen LogP) is 0.206. The van der Waals surface area contributed by atoms with Crippen LogP contribution < -0.4 is 5.32 Å². The number of fused-ring (bicyclic) bond motifs is 1. The summed E-state index contributed by atoms with van der Waals surface area (Å²) in [6.07, 6.45) is 1.83. The molecule has 2 N–H and O–H groups in total. The Bertz CT molecular complexity index is 387. The Morgan fingerprint density at radius 2 is 2.47 bits per heavy atom. The number of ether oxygens (including phenoxy) is 1. The van der Waals surface area contributed by atoms with Gasteiger partial charge in [-0.25, -0.2) is 4.68 Å². The van der Waals surface area contributed by atoms with Crippen LogP contribution in [0.5, 0.6) is 0 Å². The Morgan fingerprint density at radius 1 is 1.53 bits per heavy atom. The lowest BCUT2D eigenvalue weighted by molar-refractivity contribution is 0.193. The van der Waals surface area contributed by atoms with Crippen LogP contribution in [0.4, 0.5) is 5.95 Å². The van der Waals surface area contributed by atoms with Crippen LogP contribution in [-0.4, -0.2) is 46.2 Å². The quantitative estimate of drug-likeness (QED) is 0.787. The normalized spacial score (nSPS) is 27.8. The number of aliphatic hydroxyl groups is 1. The van der Waals surface area contributed by atoms with Gasteiger partial charge in [-0.05, 0) is 18.8 Å². The largest absolute Gasteiger partial charge is 0.396 e. The molecule has 0 bridgehead atoms. The number of aliphatic hydroxyl groups excluding tert-OH is 1. The van der Waals surface area contributed by atoms with E-state index in [1.54, 1.807) is 0 Å². The lowest BCUT2D eigenvalue weighted by Gasteiger charge is -2.22. The maximum absolute atomic E-state index is 8.95. The molecule has 94 valence electrons. The molecule has 0 spiro atoms. The van der Waals surface area contributed by atoms with E-state index in [0.717, 1.165) is 50.9 Å². The van der Waals surface area contributed by atoms with Crippen molar-refractivity contribution >= 4 is 5.95 Å². The first-order valence-electron chi connectivity index (χ1n) is 6.24. The fourth-order valence-corrected chi connectivity index (χ4v) is 2.45. The molecule has 17 heavy (non-hydrogen) atoms. The monoisotopic (exact) mass is 238 g/mol. The second-order valence-corrected chi connectivity index (χ2v) is 4.80. The second kappa shape index (κ2) is 4.62. The minimum Gasteiger partial charge on any atom is -0.396 e. The minimum atomic E-state index is 0.236. The van der Waals surface area contributed by atoms with Gasteiger partial charge in [0.25, 0.3) is 0 Å². The van der Waals surface area contributed by atoms with Crippen LogP contribution in [0.2, 0.25) is 0 Å². The van der Waals surface area contributed by atoms with Gasteiger partial charge < -0.3 is 15.2 Å². The summed E-state index contributed by atoms with van der Waals surface area (Å²) >= 11 is 0. The molecule has 6 heteroatoms. The molecule has 1 aromatic heterocycles. The van der Waals surface area contributed by atoms with Crippen LogP contribution in [0.25, 0.3) is 0 Å². The zero-order chi connectivity index (χ0) is 11.7. The Labute approximate surface area is 100.0 Å². The summed E-state index contributed by atoms with van der Waals surface area (Å²) in [4.78, 5) is 4.53. The van der Waals surface area contributed by atoms with E-state index in [2.05, 4.69) is 15.4 Å². The first-order chi connectivity index (χ1) is 8.36. The van der Waals surface area contributed by atoms with Crippen molar-refractivity contribution in [2.24, 2.45) is 5.92 Å². The summed E-state index contributed by atoms with van der Waals surface area (Å²) in [6, 6.07) is 0. The van der Waals surface area contributed by atoms with E-state index in [1.807, 2.05) is 4.68 Å². The fourth-order valence-electron chi connectivity index (χ4n) is 2.45. The SMILES string of the molecule is OCCC1CNc2nc(C3CCOC3)nn2C1. The third-order valence-corrected chi connectivity index (χ3v) is 3.50. The summed E-state index contributed by atoms with van der Waals surface area (Å²) in [5.74, 6) is 2.56. The van der Waals surface area contributed by atoms with E-state index in [4.69, 9.17) is 9.84 Å². The van der Waals surface area contributed by atoms with E-state index in [0.29, 0.717) is 11.8 Å². The van der Waals surface area contributed by atoms with Crippen molar-refractivity contribution in [1.82, 2.24) is 14.8 Å². The molecular weight excluding hydrogens is 220 g/mol. The van der Waals surface area contributed by atoms with E-state index in [1.165, 1.54) is 0 Å². The number of aromatic nitrogens is 3. The van der Waals surface area contributed by atoms with Gasteiger partial charge >= 0.3 is 0 Å². The standard InChI is InChI=1S/C11H18N4O2/c16-3-1-8-5-12-11-13-10(14-15(11)6-8)9-2-4-17-7-9/h8-9,16H,1-7H2,(H,12,13,14). The molecule has 0 radical (unpaired) electrons. The van der Waals surface area contributed by atoms with Gasteiger partial charge in [0.05, 0.1) is 6.61 Å². The molecule has 2 atom stereocenters. The van der Waals surface area contributed by atoms with Crippen molar-refractivity contribution in [2.45, 2.75) is 25.3 Å². The smallest absolute Gasteiger partial charge is 0.221 e. The van der Waals surface area contributed by atoms with Crippen LogP contribution in [0.3, 0.4) is 0 Å². The summed E-state index contributed by atoms with van der Waals surface area (Å²) in [5.41, 5.74) is 0. The van der Waals surface area contributed by atoms with Gasteiger partial charge in [0.15, 0.2) is 5.82 Å². The van der Waals surface area contributed by atoms with Crippen molar-refractivity contribution in [2.75, 3.05) is 31.7 Å². The molecule has 0 aliphatic carbocycles. The summed E-state index contributed by atoms with van der Waals surface area (Å²) < 4.78 is 7.29. The van der Waals surface area contributed by atoms with Crippen molar-refractivity contribution in [3.63, 3.8) is 0 Å². The van der Waals surface area contributed by atoms with Crippen molar-refractivity contribution < 1.29 is 9.84 Å². The van der Waals surface area contributed by atoms with Gasteiger partial charge in [0, 0.05) is 32.2 Å². The molecule has 2 unspecified atom stereocenters. The Kier molecular flexibility index (Phi) is 2.98. The molecule has 0 aromatic carbocycles. The summed E-state index contributed by atoms with van der Waals surface area (Å²) in [5, 5.41) is 16.8. The average Bonchev–Trinajstić information content (AvgIpc) is 2.97. The molecule has 3 rings (SSSR count). The van der Waals surface area contributed by atoms with Crippen LogP contribution in [0.1, 0.15) is 24.6 Å². The highest BCUT2D eigenvalue weighted by Crippen LogP contribution is 2.25. The molecule has 6 nitrogen and oxygen atoms in total. The number of hydrogen-bond acceptors (Lipinski definition) is 5. The van der Waals surface area contributed by atoms with Crippen molar-refractivity contribution in [3.05, 3.63) is 5.82 Å². The first-order valence-corrected chi connectivity index (χ1v) is 6.24. The fraction of sp³-hybridized carbons (Fsp3) is 0.818. The van der Waals surface area contributed by atoms with Gasteiger partial charge in [-0.15, -0.1) is 0 Å². The zero-order valence-corrected chi connectivity index (χ0v) is 9.80. The van der Waals surface area contributed by atoms with Gasteiger partial charge in [0.1, 0.15) is 0 Å². The third kappa shape index (κ3) is 2.14. The van der Waals surface area contributed by atoms with E-state index >= 15 is 0 Å². The zero-order valence-electron chi connectivity index (χ0n) is 9.80. The highest BCUT2D eigenvalue weighted by atomic mass is 16.5. The van der Waals surface area contributed by atoms with Crippen LogP contribution in [-0.2, 0) is 11.3 Å². The van der Waals surface area contributed by atoms with Gasteiger partial charge in [0.2, 0.25) is 5.95 Å². The molecule has 2 aliphatic heterocycles. The number of anilines is 1. The summed E-state index contributed by atoms with van der Waals surface area (Å²) in [6.45, 7) is 3.52. The maximum Gasteiger partial charge on any atom is 0.221 e. The minimum absolute atomic E-state index is 0.236. The number of nitrogens with one attached hydrogen (secondary N) is 1. The van der Waals surface area contributed by atoms with Crippen molar-refractivity contribution in [3.8, 4) is 0 Å². The second-order valence-electron chi connectivity index (χ2n) is 4.80. The van der Waals surface area contributed by atoms with Gasteiger partial charge in [-0.2, -0.15) is 10.1 Å². The van der Waals surface area contributed by atoms with E-state index < -0.39 is 0 Å². The Balaban J connectivity index is 1.74. The lowest BCUT2D eigenvalue weighted by Crippen LogP contribution is -2.28. The number of hydrogen-bond donors (Lipinski definition) is 2.